The van der Waals surface area contributed by atoms with Crippen molar-refractivity contribution >= 4 is 23.2 Å². The zero-order chi connectivity index (χ0) is 18.1. The van der Waals surface area contributed by atoms with Crippen molar-refractivity contribution in [3.63, 3.8) is 0 Å². The maximum atomic E-state index is 13.3. The molecule has 1 N–H and O–H groups in total. The summed E-state index contributed by atoms with van der Waals surface area (Å²) in [7, 11) is 0. The summed E-state index contributed by atoms with van der Waals surface area (Å²) in [5, 5.41) is 2.74. The Bertz CT molecular complexity index is 982. The minimum absolute atomic E-state index is 0.220. The first-order valence-electron chi connectivity index (χ1n) is 8.17. The van der Waals surface area contributed by atoms with Crippen molar-refractivity contribution in [3.05, 3.63) is 83.6 Å². The fourth-order valence-corrected chi connectivity index (χ4v) is 3.03. The largest absolute Gasteiger partial charge is 0.459 e. The van der Waals surface area contributed by atoms with Crippen molar-refractivity contribution in [2.75, 3.05) is 16.8 Å². The lowest BCUT2D eigenvalue weighted by molar-refractivity contribution is 0.0962. The SMILES string of the molecule is O=C(Nc1ccc2c(c1)N(C(=O)c1ccco1)CC2)c1cccc(F)c1. The van der Waals surface area contributed by atoms with Gasteiger partial charge in [-0.05, 0) is 54.4 Å². The molecule has 1 aliphatic heterocycles. The fraction of sp³-hybridized carbons (Fsp3) is 0.100. The number of carbonyl (C=O) groups excluding carboxylic acids is 2. The van der Waals surface area contributed by atoms with Crippen molar-refractivity contribution in [1.82, 2.24) is 0 Å². The van der Waals surface area contributed by atoms with Gasteiger partial charge in [0.2, 0.25) is 0 Å². The number of rotatable bonds is 3. The average Bonchev–Trinajstić information content (AvgIpc) is 3.31. The highest BCUT2D eigenvalue weighted by Crippen LogP contribution is 2.32. The number of benzene rings is 2. The van der Waals surface area contributed by atoms with Gasteiger partial charge in [-0.25, -0.2) is 4.39 Å². The molecule has 2 aromatic carbocycles. The van der Waals surface area contributed by atoms with Gasteiger partial charge < -0.3 is 14.6 Å². The summed E-state index contributed by atoms with van der Waals surface area (Å²) in [5.74, 6) is -0.831. The number of fused-ring (bicyclic) bond motifs is 1. The number of amides is 2. The van der Waals surface area contributed by atoms with Crippen LogP contribution in [0.25, 0.3) is 0 Å². The third-order valence-electron chi connectivity index (χ3n) is 4.30. The number of carbonyl (C=O) groups is 2. The van der Waals surface area contributed by atoms with Crippen molar-refractivity contribution < 1.29 is 18.4 Å². The average molecular weight is 350 g/mol. The molecule has 0 aliphatic carbocycles. The molecule has 0 unspecified atom stereocenters. The van der Waals surface area contributed by atoms with Crippen molar-refractivity contribution in [2.45, 2.75) is 6.42 Å². The number of hydrogen-bond donors (Lipinski definition) is 1. The van der Waals surface area contributed by atoms with Crippen molar-refractivity contribution in [1.29, 1.82) is 0 Å². The van der Waals surface area contributed by atoms with Crippen LogP contribution in [-0.2, 0) is 6.42 Å². The zero-order valence-corrected chi connectivity index (χ0v) is 13.7. The van der Waals surface area contributed by atoms with E-state index in [9.17, 15) is 14.0 Å². The lowest BCUT2D eigenvalue weighted by Gasteiger charge is -2.17. The second-order valence-corrected chi connectivity index (χ2v) is 5.99. The van der Waals surface area contributed by atoms with Crippen LogP contribution < -0.4 is 10.2 Å². The first-order valence-corrected chi connectivity index (χ1v) is 8.17. The number of furan rings is 1. The predicted octanol–water partition coefficient (Wildman–Crippen LogP) is 3.87. The monoisotopic (exact) mass is 350 g/mol. The van der Waals surface area contributed by atoms with Gasteiger partial charge in [0, 0.05) is 23.5 Å². The van der Waals surface area contributed by atoms with Crippen LogP contribution in [0.1, 0.15) is 26.5 Å². The smallest absolute Gasteiger partial charge is 0.293 e. The molecule has 0 saturated heterocycles. The molecule has 0 radical (unpaired) electrons. The van der Waals surface area contributed by atoms with Gasteiger partial charge in [0.05, 0.1) is 6.26 Å². The van der Waals surface area contributed by atoms with Gasteiger partial charge in [-0.15, -0.1) is 0 Å². The molecule has 0 atom stereocenters. The molecule has 2 amide bonds. The van der Waals surface area contributed by atoms with E-state index >= 15 is 0 Å². The molecular formula is C20H15FN2O3. The van der Waals surface area contributed by atoms with Crippen molar-refractivity contribution in [3.8, 4) is 0 Å². The molecule has 5 nitrogen and oxygen atoms in total. The van der Waals surface area contributed by atoms with Gasteiger partial charge in [-0.3, -0.25) is 9.59 Å². The standard InChI is InChI=1S/C20H15FN2O3/c21-15-4-1-3-14(11-15)19(24)22-16-7-6-13-8-9-23(17(13)12-16)20(25)18-5-2-10-26-18/h1-7,10-12H,8-9H2,(H,22,24). The van der Waals surface area contributed by atoms with E-state index in [0.717, 1.165) is 17.7 Å². The summed E-state index contributed by atoms with van der Waals surface area (Å²) in [5.41, 5.74) is 2.53. The lowest BCUT2D eigenvalue weighted by Crippen LogP contribution is -2.28. The zero-order valence-electron chi connectivity index (χ0n) is 13.7. The maximum Gasteiger partial charge on any atom is 0.293 e. The lowest BCUT2D eigenvalue weighted by atomic mass is 10.1. The summed E-state index contributed by atoms with van der Waals surface area (Å²) in [6.07, 6.45) is 2.19. The van der Waals surface area contributed by atoms with Crippen LogP contribution in [-0.4, -0.2) is 18.4 Å². The molecule has 1 aliphatic rings. The Hall–Kier alpha value is -3.41. The minimum Gasteiger partial charge on any atom is -0.459 e. The van der Waals surface area contributed by atoms with Crippen LogP contribution in [0.4, 0.5) is 15.8 Å². The Morgan fingerprint density at radius 1 is 1.08 bits per heavy atom. The number of hydrogen-bond acceptors (Lipinski definition) is 3. The van der Waals surface area contributed by atoms with E-state index in [1.54, 1.807) is 35.2 Å². The Labute approximate surface area is 149 Å². The summed E-state index contributed by atoms with van der Waals surface area (Å²) < 4.78 is 18.5. The van der Waals surface area contributed by atoms with Crippen LogP contribution in [0.15, 0.2) is 65.3 Å². The molecule has 0 spiro atoms. The van der Waals surface area contributed by atoms with E-state index in [4.69, 9.17) is 4.42 Å². The molecule has 0 saturated carbocycles. The predicted molar refractivity (Wildman–Crippen MR) is 94.9 cm³/mol. The highest BCUT2D eigenvalue weighted by Gasteiger charge is 2.27. The molecular weight excluding hydrogens is 335 g/mol. The molecule has 0 fully saturated rings. The first-order chi connectivity index (χ1) is 12.6. The highest BCUT2D eigenvalue weighted by molar-refractivity contribution is 6.07. The topological polar surface area (TPSA) is 62.6 Å². The molecule has 1 aromatic heterocycles. The van der Waals surface area contributed by atoms with Gasteiger partial charge in [-0.2, -0.15) is 0 Å². The van der Waals surface area contributed by atoms with Crippen LogP contribution in [0.2, 0.25) is 0 Å². The Balaban J connectivity index is 1.58. The fourth-order valence-electron chi connectivity index (χ4n) is 3.03. The van der Waals surface area contributed by atoms with E-state index in [2.05, 4.69) is 5.32 Å². The third-order valence-corrected chi connectivity index (χ3v) is 4.30. The quantitative estimate of drug-likeness (QED) is 0.780. The minimum atomic E-state index is -0.471. The molecule has 130 valence electrons. The van der Waals surface area contributed by atoms with Gasteiger partial charge in [0.15, 0.2) is 5.76 Å². The summed E-state index contributed by atoms with van der Waals surface area (Å²) in [6, 6.07) is 14.2. The van der Waals surface area contributed by atoms with E-state index in [1.165, 1.54) is 24.5 Å². The molecule has 4 rings (SSSR count). The number of nitrogens with zero attached hydrogens (tertiary/aromatic N) is 1. The highest BCUT2D eigenvalue weighted by atomic mass is 19.1. The maximum absolute atomic E-state index is 13.3. The summed E-state index contributed by atoms with van der Waals surface area (Å²) in [4.78, 5) is 26.5. The van der Waals surface area contributed by atoms with Gasteiger partial charge >= 0.3 is 0 Å². The van der Waals surface area contributed by atoms with E-state index in [0.29, 0.717) is 12.2 Å². The van der Waals surface area contributed by atoms with Crippen LogP contribution in [0.5, 0.6) is 0 Å². The van der Waals surface area contributed by atoms with Gasteiger partial charge in [-0.1, -0.05) is 12.1 Å². The van der Waals surface area contributed by atoms with Crippen LogP contribution in [0.3, 0.4) is 0 Å². The van der Waals surface area contributed by atoms with Gasteiger partial charge in [0.25, 0.3) is 11.8 Å². The summed E-state index contributed by atoms with van der Waals surface area (Å²) in [6.45, 7) is 0.552. The third kappa shape index (κ3) is 2.97. The second kappa shape index (κ2) is 6.48. The Morgan fingerprint density at radius 2 is 1.96 bits per heavy atom. The molecule has 2 heterocycles. The van der Waals surface area contributed by atoms with E-state index in [1.807, 2.05) is 6.07 Å². The molecule has 3 aromatic rings. The number of anilines is 2. The van der Waals surface area contributed by atoms with Crippen LogP contribution in [0, 0.1) is 5.82 Å². The van der Waals surface area contributed by atoms with Crippen molar-refractivity contribution in [2.24, 2.45) is 0 Å². The number of nitrogens with one attached hydrogen (secondary N) is 1. The first kappa shape index (κ1) is 16.1. The molecule has 6 heteroatoms. The van der Waals surface area contributed by atoms with Crippen LogP contribution >= 0.6 is 0 Å². The molecule has 0 bridgehead atoms. The Kier molecular flexibility index (Phi) is 4.01. The molecule has 26 heavy (non-hydrogen) atoms. The number of halogens is 1. The van der Waals surface area contributed by atoms with E-state index in [-0.39, 0.29) is 17.2 Å². The normalized spacial score (nSPS) is 12.7. The van der Waals surface area contributed by atoms with Gasteiger partial charge in [0.1, 0.15) is 5.82 Å². The summed E-state index contributed by atoms with van der Waals surface area (Å²) >= 11 is 0. The second-order valence-electron chi connectivity index (χ2n) is 5.99. The van der Waals surface area contributed by atoms with E-state index < -0.39 is 11.7 Å². The Morgan fingerprint density at radius 3 is 2.73 bits per heavy atom.